The number of anilines is 1. The lowest BCUT2D eigenvalue weighted by molar-refractivity contribution is 0.0948. The Kier molecular flexibility index (Phi) is 4.14. The molecule has 0 fully saturated rings. The number of hydrogen-bond acceptors (Lipinski definition) is 3. The lowest BCUT2D eigenvalue weighted by Crippen LogP contribution is -2.55. The van der Waals surface area contributed by atoms with Crippen LogP contribution in [0.25, 0.3) is 0 Å². The van der Waals surface area contributed by atoms with Gasteiger partial charge in [0.05, 0.1) is 0 Å². The lowest BCUT2D eigenvalue weighted by atomic mass is 9.65. The molecule has 2 aliphatic heterocycles. The number of hydrogen-bond donors (Lipinski definition) is 0. The topological polar surface area (TPSA) is 38.8 Å². The van der Waals surface area contributed by atoms with Crippen molar-refractivity contribution in [3.8, 4) is 11.5 Å². The van der Waals surface area contributed by atoms with Crippen LogP contribution in [0.3, 0.4) is 0 Å². The molecule has 2 heterocycles. The van der Waals surface area contributed by atoms with Crippen molar-refractivity contribution in [2.45, 2.75) is 38.1 Å². The van der Waals surface area contributed by atoms with Crippen molar-refractivity contribution in [2.75, 3.05) is 11.7 Å². The Labute approximate surface area is 177 Å². The van der Waals surface area contributed by atoms with E-state index in [1.165, 1.54) is 11.1 Å². The van der Waals surface area contributed by atoms with Gasteiger partial charge in [-0.05, 0) is 55.7 Å². The number of benzene rings is 3. The van der Waals surface area contributed by atoms with E-state index < -0.39 is 0 Å². The fourth-order valence-corrected chi connectivity index (χ4v) is 5.11. The van der Waals surface area contributed by atoms with E-state index >= 15 is 0 Å². The zero-order valence-electron chi connectivity index (χ0n) is 17.5. The average Bonchev–Trinajstić information content (AvgIpc) is 3.21. The number of carbonyl (C=O) groups is 1. The van der Waals surface area contributed by atoms with Gasteiger partial charge in [0, 0.05) is 22.2 Å². The summed E-state index contributed by atoms with van der Waals surface area (Å²) in [5, 5.41) is 0. The fourth-order valence-electron chi connectivity index (χ4n) is 5.11. The van der Waals surface area contributed by atoms with Crippen molar-refractivity contribution in [1.29, 1.82) is 0 Å². The van der Waals surface area contributed by atoms with Crippen molar-refractivity contribution >= 4 is 11.6 Å². The maximum Gasteiger partial charge on any atom is 0.258 e. The molecule has 4 heteroatoms. The number of carbonyl (C=O) groups excluding carboxylic acids is 1. The van der Waals surface area contributed by atoms with E-state index in [9.17, 15) is 4.79 Å². The largest absolute Gasteiger partial charge is 0.454 e. The van der Waals surface area contributed by atoms with E-state index in [0.717, 1.165) is 12.1 Å². The van der Waals surface area contributed by atoms with Crippen molar-refractivity contribution in [1.82, 2.24) is 0 Å². The van der Waals surface area contributed by atoms with E-state index in [1.807, 2.05) is 29.2 Å². The Hall–Kier alpha value is -3.27. The molecule has 0 unspecified atom stereocenters. The quantitative estimate of drug-likeness (QED) is 0.567. The summed E-state index contributed by atoms with van der Waals surface area (Å²) >= 11 is 0. The molecule has 0 aromatic heterocycles. The number of ether oxygens (including phenoxy) is 2. The highest BCUT2D eigenvalue weighted by Gasteiger charge is 2.47. The maximum atomic E-state index is 13.8. The molecule has 1 atom stereocenters. The van der Waals surface area contributed by atoms with Gasteiger partial charge in [0.25, 0.3) is 5.91 Å². The molecular formula is C26H25NO3. The number of amides is 1. The summed E-state index contributed by atoms with van der Waals surface area (Å²) in [6.45, 7) is 6.77. The minimum Gasteiger partial charge on any atom is -0.454 e. The molecule has 30 heavy (non-hydrogen) atoms. The molecule has 0 aliphatic carbocycles. The summed E-state index contributed by atoms with van der Waals surface area (Å²) in [6.07, 6.45) is 0.817. The van der Waals surface area contributed by atoms with Gasteiger partial charge in [0.15, 0.2) is 11.5 Å². The SMILES string of the molecule is CC1(C)C[C@@](C)(c2ccccc2)c2ccccc2N1C(=O)c1ccc2c(c1)OCO2. The van der Waals surface area contributed by atoms with E-state index in [2.05, 4.69) is 63.2 Å². The van der Waals surface area contributed by atoms with Gasteiger partial charge in [-0.25, -0.2) is 0 Å². The Morgan fingerprint density at radius 2 is 1.57 bits per heavy atom. The molecule has 0 saturated heterocycles. The Morgan fingerprint density at radius 1 is 0.867 bits per heavy atom. The molecule has 0 N–H and O–H groups in total. The van der Waals surface area contributed by atoms with Crippen molar-refractivity contribution in [2.24, 2.45) is 0 Å². The van der Waals surface area contributed by atoms with Crippen LogP contribution >= 0.6 is 0 Å². The smallest absolute Gasteiger partial charge is 0.258 e. The van der Waals surface area contributed by atoms with Gasteiger partial charge in [-0.2, -0.15) is 0 Å². The molecule has 3 aromatic rings. The molecule has 0 bridgehead atoms. The van der Waals surface area contributed by atoms with Gasteiger partial charge >= 0.3 is 0 Å². The molecule has 5 rings (SSSR count). The predicted octanol–water partition coefficient (Wildman–Crippen LogP) is 5.55. The molecule has 3 aromatic carbocycles. The third-order valence-corrected chi connectivity index (χ3v) is 6.36. The predicted molar refractivity (Wildman–Crippen MR) is 117 cm³/mol. The van der Waals surface area contributed by atoms with Crippen molar-refractivity contribution in [3.63, 3.8) is 0 Å². The molecule has 0 radical (unpaired) electrons. The highest BCUT2D eigenvalue weighted by atomic mass is 16.7. The minimum absolute atomic E-state index is 0.0270. The van der Waals surface area contributed by atoms with Crippen molar-refractivity contribution in [3.05, 3.63) is 89.5 Å². The van der Waals surface area contributed by atoms with E-state index in [0.29, 0.717) is 17.1 Å². The van der Waals surface area contributed by atoms with Gasteiger partial charge < -0.3 is 14.4 Å². The molecule has 4 nitrogen and oxygen atoms in total. The maximum absolute atomic E-state index is 13.8. The zero-order chi connectivity index (χ0) is 20.9. The van der Waals surface area contributed by atoms with Crippen LogP contribution in [-0.2, 0) is 5.41 Å². The first-order valence-electron chi connectivity index (χ1n) is 10.3. The van der Waals surface area contributed by atoms with Crippen LogP contribution < -0.4 is 14.4 Å². The third kappa shape index (κ3) is 2.78. The van der Waals surface area contributed by atoms with Gasteiger partial charge in [-0.3, -0.25) is 4.79 Å². The molecule has 1 amide bonds. The van der Waals surface area contributed by atoms with Gasteiger partial charge in [0.1, 0.15) is 0 Å². The second-order valence-electron chi connectivity index (χ2n) is 8.91. The summed E-state index contributed by atoms with van der Waals surface area (Å²) < 4.78 is 10.9. The highest BCUT2D eigenvalue weighted by Crippen LogP contribution is 2.50. The first kappa shape index (κ1) is 18.7. The number of nitrogens with zero attached hydrogens (tertiary/aromatic N) is 1. The molecule has 152 valence electrons. The van der Waals surface area contributed by atoms with Crippen LogP contribution in [0.2, 0.25) is 0 Å². The van der Waals surface area contributed by atoms with Crippen LogP contribution in [0, 0.1) is 0 Å². The van der Waals surface area contributed by atoms with E-state index in [1.54, 1.807) is 6.07 Å². The van der Waals surface area contributed by atoms with Crippen LogP contribution in [0.5, 0.6) is 11.5 Å². The highest BCUT2D eigenvalue weighted by molar-refractivity contribution is 6.08. The fraction of sp³-hybridized carbons (Fsp3) is 0.269. The molecular weight excluding hydrogens is 374 g/mol. The van der Waals surface area contributed by atoms with Crippen LogP contribution in [-0.4, -0.2) is 18.2 Å². The first-order valence-corrected chi connectivity index (χ1v) is 10.3. The number of rotatable bonds is 2. The summed E-state index contributed by atoms with van der Waals surface area (Å²) in [4.78, 5) is 15.7. The summed E-state index contributed by atoms with van der Waals surface area (Å²) in [5.74, 6) is 1.28. The van der Waals surface area contributed by atoms with E-state index in [4.69, 9.17) is 9.47 Å². The van der Waals surface area contributed by atoms with Crippen LogP contribution in [0.4, 0.5) is 5.69 Å². The first-order chi connectivity index (χ1) is 14.4. The molecule has 0 spiro atoms. The van der Waals surface area contributed by atoms with Crippen LogP contribution in [0.1, 0.15) is 48.7 Å². The van der Waals surface area contributed by atoms with Crippen LogP contribution in [0.15, 0.2) is 72.8 Å². The second-order valence-corrected chi connectivity index (χ2v) is 8.91. The Morgan fingerprint density at radius 3 is 2.37 bits per heavy atom. The standard InChI is InChI=1S/C26H25NO3/c1-25(2)16-26(3,19-9-5-4-6-10-19)20-11-7-8-12-21(20)27(25)24(28)18-13-14-22-23(15-18)30-17-29-22/h4-15H,16-17H2,1-3H3/t26-/m0/s1. The van der Waals surface area contributed by atoms with Gasteiger partial charge in [-0.1, -0.05) is 55.5 Å². The average molecular weight is 399 g/mol. The van der Waals surface area contributed by atoms with Gasteiger partial charge in [0.2, 0.25) is 6.79 Å². The summed E-state index contributed by atoms with van der Waals surface area (Å²) in [7, 11) is 0. The Balaban J connectivity index is 1.64. The van der Waals surface area contributed by atoms with Gasteiger partial charge in [-0.15, -0.1) is 0 Å². The Bertz CT molecular complexity index is 1120. The number of fused-ring (bicyclic) bond motifs is 2. The lowest BCUT2D eigenvalue weighted by Gasteiger charge is -2.51. The molecule has 2 aliphatic rings. The van der Waals surface area contributed by atoms with E-state index in [-0.39, 0.29) is 23.7 Å². The normalized spacial score (nSPS) is 21.2. The summed E-state index contributed by atoms with van der Waals surface area (Å²) in [5.41, 5.74) is 3.43. The summed E-state index contributed by atoms with van der Waals surface area (Å²) in [6, 6.07) is 24.3. The number of para-hydroxylation sites is 1. The zero-order valence-corrected chi connectivity index (χ0v) is 17.5. The third-order valence-electron chi connectivity index (χ3n) is 6.36. The second kappa shape index (κ2) is 6.63. The monoisotopic (exact) mass is 399 g/mol. The molecule has 0 saturated carbocycles. The minimum atomic E-state index is -0.383. The van der Waals surface area contributed by atoms with Crippen molar-refractivity contribution < 1.29 is 14.3 Å².